The second kappa shape index (κ2) is 5.81. The Balaban J connectivity index is 1.77. The fraction of sp³-hybridized carbons (Fsp3) is 0.333. The van der Waals surface area contributed by atoms with Crippen LogP contribution in [0.3, 0.4) is 0 Å². The van der Waals surface area contributed by atoms with Crippen LogP contribution >= 0.6 is 0 Å². The van der Waals surface area contributed by atoms with Crippen LogP contribution in [0.4, 0.5) is 5.69 Å². The zero-order valence-corrected chi connectivity index (χ0v) is 17.3. The average molecular weight is 414 g/mol. The van der Waals surface area contributed by atoms with Crippen molar-refractivity contribution in [2.24, 2.45) is 5.92 Å². The Morgan fingerprint density at radius 2 is 1.84 bits per heavy atom. The Morgan fingerprint density at radius 1 is 1.10 bits per heavy atom. The highest BCUT2D eigenvalue weighted by molar-refractivity contribution is 6.09. The van der Waals surface area contributed by atoms with Gasteiger partial charge < -0.3 is 10.6 Å². The average Bonchev–Trinajstić information content (AvgIpc) is 3.02. The molecular weight excluding hydrogens is 392 g/mol. The van der Waals surface area contributed by atoms with Gasteiger partial charge in [0.2, 0.25) is 11.8 Å². The lowest BCUT2D eigenvalue weighted by atomic mass is 9.55. The third kappa shape index (κ3) is 2.03. The van der Waals surface area contributed by atoms with E-state index >= 15 is 0 Å². The summed E-state index contributed by atoms with van der Waals surface area (Å²) in [5, 5.41) is 6.71. The number of benzene rings is 2. The first-order valence-electron chi connectivity index (χ1n) is 10.6. The van der Waals surface area contributed by atoms with Gasteiger partial charge in [0.25, 0.3) is 5.56 Å². The van der Waals surface area contributed by atoms with Gasteiger partial charge >= 0.3 is 0 Å². The van der Waals surface area contributed by atoms with Crippen molar-refractivity contribution in [3.63, 3.8) is 0 Å². The maximum atomic E-state index is 13.7. The number of nitrogens with zero attached hydrogens (tertiary/aromatic N) is 2. The zero-order valence-electron chi connectivity index (χ0n) is 17.3. The van der Waals surface area contributed by atoms with E-state index in [1.807, 2.05) is 30.3 Å². The fourth-order valence-corrected chi connectivity index (χ4v) is 6.02. The summed E-state index contributed by atoms with van der Waals surface area (Å²) in [5.41, 5.74) is -0.173. The third-order valence-corrected chi connectivity index (χ3v) is 7.11. The summed E-state index contributed by atoms with van der Waals surface area (Å²) in [5.74, 6) is 0.250. The van der Waals surface area contributed by atoms with Crippen LogP contribution in [0.25, 0.3) is 10.9 Å². The van der Waals surface area contributed by atoms with Crippen molar-refractivity contribution in [3.05, 3.63) is 70.3 Å². The monoisotopic (exact) mass is 414 g/mol. The summed E-state index contributed by atoms with van der Waals surface area (Å²) in [4.78, 5) is 45.3. The molecule has 0 saturated carbocycles. The fourth-order valence-electron chi connectivity index (χ4n) is 6.02. The van der Waals surface area contributed by atoms with Crippen LogP contribution < -0.4 is 16.2 Å². The van der Waals surface area contributed by atoms with Gasteiger partial charge in [0.15, 0.2) is 0 Å². The van der Waals surface area contributed by atoms with Crippen LogP contribution in [0.1, 0.15) is 44.1 Å². The Morgan fingerprint density at radius 3 is 2.65 bits per heavy atom. The quantitative estimate of drug-likeness (QED) is 0.674. The van der Waals surface area contributed by atoms with Gasteiger partial charge in [0.1, 0.15) is 22.8 Å². The molecule has 7 nitrogen and oxygen atoms in total. The topological polar surface area (TPSA) is 93.1 Å². The predicted molar refractivity (Wildman–Crippen MR) is 116 cm³/mol. The van der Waals surface area contributed by atoms with Gasteiger partial charge in [-0.25, -0.2) is 4.98 Å². The third-order valence-electron chi connectivity index (χ3n) is 7.11. The van der Waals surface area contributed by atoms with Crippen molar-refractivity contribution < 1.29 is 9.59 Å². The number of nitrogens with one attached hydrogen (secondary N) is 2. The number of para-hydroxylation sites is 2. The maximum absolute atomic E-state index is 13.7. The molecule has 2 amide bonds. The Kier molecular flexibility index (Phi) is 3.43. The standard InChI is InChI=1S/C24H22N4O3/c1-13(2)11-24-21-25-16-9-5-3-7-14(16)20(30)28(21)18(19(29)27-24)12-23(24)15-8-4-6-10-17(15)26-22(23)31/h3-10,13,18H,11-12H2,1-2H3,(H,26,31)(H,27,29)/t18-,23+,24-/m0/s1. The highest BCUT2D eigenvalue weighted by Gasteiger charge is 2.71. The van der Waals surface area contributed by atoms with Gasteiger partial charge in [-0.05, 0) is 42.5 Å². The van der Waals surface area contributed by atoms with E-state index < -0.39 is 17.0 Å². The number of fused-ring (bicyclic) bond motifs is 3. The second-order valence-electron chi connectivity index (χ2n) is 9.25. The number of carbonyl (C=O) groups excluding carboxylic acids is 2. The number of amides is 2. The molecule has 3 atom stereocenters. The molecule has 1 spiro atoms. The number of hydrogen-bond acceptors (Lipinski definition) is 4. The van der Waals surface area contributed by atoms with Gasteiger partial charge in [0, 0.05) is 5.69 Å². The molecule has 3 aromatic rings. The van der Waals surface area contributed by atoms with E-state index in [-0.39, 0.29) is 29.7 Å². The van der Waals surface area contributed by atoms with Crippen LogP contribution in [-0.2, 0) is 20.5 Å². The lowest BCUT2D eigenvalue weighted by Crippen LogP contribution is -2.74. The van der Waals surface area contributed by atoms with Crippen molar-refractivity contribution in [1.29, 1.82) is 0 Å². The minimum Gasteiger partial charge on any atom is -0.340 e. The molecule has 156 valence electrons. The molecule has 2 bridgehead atoms. The molecule has 5 heterocycles. The summed E-state index contributed by atoms with van der Waals surface area (Å²) in [6.07, 6.45) is 0.722. The lowest BCUT2D eigenvalue weighted by Gasteiger charge is -2.57. The van der Waals surface area contributed by atoms with Gasteiger partial charge in [0.05, 0.1) is 10.9 Å². The zero-order chi connectivity index (χ0) is 21.5. The van der Waals surface area contributed by atoms with E-state index in [4.69, 9.17) is 4.98 Å². The number of rotatable bonds is 2. The highest BCUT2D eigenvalue weighted by atomic mass is 16.2. The molecule has 4 aliphatic rings. The van der Waals surface area contributed by atoms with E-state index in [1.165, 1.54) is 0 Å². The van der Waals surface area contributed by atoms with E-state index in [0.717, 1.165) is 11.3 Å². The van der Waals surface area contributed by atoms with Crippen LogP contribution in [0.15, 0.2) is 53.3 Å². The van der Waals surface area contributed by atoms with Crippen molar-refractivity contribution in [3.8, 4) is 0 Å². The first-order valence-corrected chi connectivity index (χ1v) is 10.6. The van der Waals surface area contributed by atoms with E-state index in [1.54, 1.807) is 22.8 Å². The van der Waals surface area contributed by atoms with Gasteiger partial charge in [-0.2, -0.15) is 0 Å². The van der Waals surface area contributed by atoms with Crippen LogP contribution in [0.5, 0.6) is 0 Å². The van der Waals surface area contributed by atoms with E-state index in [9.17, 15) is 14.4 Å². The van der Waals surface area contributed by atoms with Gasteiger partial charge in [-0.15, -0.1) is 0 Å². The van der Waals surface area contributed by atoms with Crippen molar-refractivity contribution in [1.82, 2.24) is 14.9 Å². The SMILES string of the molecule is CC(C)C[C@@]12NC(=O)[C@H](C[C@@]13C(=O)Nc1ccccc13)n1c2nc2ccccc2c1=O. The van der Waals surface area contributed by atoms with Crippen molar-refractivity contribution >= 4 is 28.4 Å². The predicted octanol–water partition coefficient (Wildman–Crippen LogP) is 2.60. The summed E-state index contributed by atoms with van der Waals surface area (Å²) in [7, 11) is 0. The number of carbonyl (C=O) groups is 2. The molecule has 4 aliphatic heterocycles. The Labute approximate surface area is 178 Å². The smallest absolute Gasteiger partial charge is 0.262 e. The molecule has 0 aliphatic carbocycles. The number of anilines is 1. The number of hydrogen-bond donors (Lipinski definition) is 2. The molecule has 1 aromatic heterocycles. The second-order valence-corrected chi connectivity index (χ2v) is 9.25. The van der Waals surface area contributed by atoms with Gasteiger partial charge in [-0.3, -0.25) is 19.0 Å². The van der Waals surface area contributed by atoms with Crippen LogP contribution in [0, 0.1) is 5.92 Å². The van der Waals surface area contributed by atoms with E-state index in [0.29, 0.717) is 23.1 Å². The minimum absolute atomic E-state index is 0.143. The molecule has 7 rings (SSSR count). The largest absolute Gasteiger partial charge is 0.340 e. The molecule has 1 fully saturated rings. The normalized spacial score (nSPS) is 28.0. The molecule has 2 N–H and O–H groups in total. The Bertz CT molecular complexity index is 1360. The molecule has 1 saturated heterocycles. The van der Waals surface area contributed by atoms with Gasteiger partial charge in [-0.1, -0.05) is 44.2 Å². The van der Waals surface area contributed by atoms with Crippen LogP contribution in [0.2, 0.25) is 0 Å². The first kappa shape index (κ1) is 18.3. The first-order chi connectivity index (χ1) is 14.9. The molecule has 0 unspecified atom stereocenters. The minimum atomic E-state index is -1.12. The molecule has 7 heteroatoms. The maximum Gasteiger partial charge on any atom is 0.262 e. The lowest BCUT2D eigenvalue weighted by molar-refractivity contribution is -0.144. The Hall–Kier alpha value is -3.48. The molecule has 0 radical (unpaired) electrons. The highest BCUT2D eigenvalue weighted by Crippen LogP contribution is 2.60. The van der Waals surface area contributed by atoms with Crippen molar-refractivity contribution in [2.75, 3.05) is 5.32 Å². The van der Waals surface area contributed by atoms with Crippen LogP contribution in [-0.4, -0.2) is 21.4 Å². The van der Waals surface area contributed by atoms with Crippen molar-refractivity contribution in [2.45, 2.75) is 43.7 Å². The summed E-state index contributed by atoms with van der Waals surface area (Å²) in [6, 6.07) is 14.0. The molecule has 2 aromatic carbocycles. The number of aromatic nitrogens is 2. The summed E-state index contributed by atoms with van der Waals surface area (Å²) < 4.78 is 1.54. The molecular formula is C24H22N4O3. The van der Waals surface area contributed by atoms with E-state index in [2.05, 4.69) is 24.5 Å². The summed E-state index contributed by atoms with van der Waals surface area (Å²) >= 11 is 0. The molecule has 31 heavy (non-hydrogen) atoms. The number of piperidine rings is 1. The summed E-state index contributed by atoms with van der Waals surface area (Å²) in [6.45, 7) is 4.11.